The summed E-state index contributed by atoms with van der Waals surface area (Å²) >= 11 is 3.35. The number of hydrogen-bond acceptors (Lipinski definition) is 5. The van der Waals surface area contributed by atoms with E-state index in [0.29, 0.717) is 34.1 Å². The molecule has 3 aromatic heterocycles. The molecule has 2 N–H and O–H groups in total. The van der Waals surface area contributed by atoms with Crippen LogP contribution in [-0.4, -0.2) is 26.0 Å². The van der Waals surface area contributed by atoms with Crippen molar-refractivity contribution in [3.05, 3.63) is 70.3 Å². The highest BCUT2D eigenvalue weighted by Gasteiger charge is 2.11. The molecule has 0 atom stereocenters. The van der Waals surface area contributed by atoms with Crippen LogP contribution in [0.5, 0.6) is 0 Å². The number of carboxylic acid groups (broad SMARTS) is 1. The second kappa shape index (κ2) is 7.13. The summed E-state index contributed by atoms with van der Waals surface area (Å²) in [6, 6.07) is 13.8. The van der Waals surface area contributed by atoms with Crippen LogP contribution in [0.2, 0.25) is 0 Å². The van der Waals surface area contributed by atoms with Gasteiger partial charge < -0.3 is 14.5 Å². The standard InChI is InChI=1S/C20H11BrN4O3/c21-14-8-16-19(23-10-14)25-18(24-16)13(9-22)7-15-5-6-17(28-15)11-1-3-12(4-2-11)20(26)27/h1-8,10H,(H,26,27)(H,23,24,25). The van der Waals surface area contributed by atoms with Gasteiger partial charge in [0, 0.05) is 22.3 Å². The maximum absolute atomic E-state index is 10.9. The van der Waals surface area contributed by atoms with Crippen molar-refractivity contribution in [2.45, 2.75) is 0 Å². The first-order chi connectivity index (χ1) is 13.5. The Morgan fingerprint density at radius 1 is 1.25 bits per heavy atom. The first-order valence-corrected chi connectivity index (χ1v) is 8.90. The molecular weight excluding hydrogens is 424 g/mol. The molecule has 0 spiro atoms. The molecule has 0 fully saturated rings. The molecule has 136 valence electrons. The van der Waals surface area contributed by atoms with Crippen molar-refractivity contribution in [1.82, 2.24) is 15.0 Å². The number of H-pyrrole nitrogens is 1. The van der Waals surface area contributed by atoms with Crippen molar-refractivity contribution >= 4 is 44.7 Å². The fourth-order valence-corrected chi connectivity index (χ4v) is 2.99. The zero-order valence-electron chi connectivity index (χ0n) is 14.2. The van der Waals surface area contributed by atoms with Gasteiger partial charge in [-0.3, -0.25) is 0 Å². The van der Waals surface area contributed by atoms with Crippen LogP contribution in [0.15, 0.2) is 57.6 Å². The summed E-state index contributed by atoms with van der Waals surface area (Å²) in [7, 11) is 0. The van der Waals surface area contributed by atoms with Crippen molar-refractivity contribution in [1.29, 1.82) is 5.26 Å². The SMILES string of the molecule is N#CC(=Cc1ccc(-c2ccc(C(=O)O)cc2)o1)c1nc2ncc(Br)cc2[nH]1. The Balaban J connectivity index is 1.65. The van der Waals surface area contributed by atoms with E-state index in [1.165, 1.54) is 12.1 Å². The van der Waals surface area contributed by atoms with Crippen LogP contribution in [0.3, 0.4) is 0 Å². The number of aromatic carboxylic acids is 1. The Bertz CT molecular complexity index is 1260. The van der Waals surface area contributed by atoms with Gasteiger partial charge in [-0.15, -0.1) is 0 Å². The predicted octanol–water partition coefficient (Wildman–Crippen LogP) is 4.74. The number of nitrogens with one attached hydrogen (secondary N) is 1. The highest BCUT2D eigenvalue weighted by molar-refractivity contribution is 9.10. The monoisotopic (exact) mass is 434 g/mol. The number of imidazole rings is 1. The van der Waals surface area contributed by atoms with Crippen LogP contribution in [0.4, 0.5) is 0 Å². The van der Waals surface area contributed by atoms with E-state index >= 15 is 0 Å². The minimum atomic E-state index is -0.986. The Hall–Kier alpha value is -3.70. The van der Waals surface area contributed by atoms with E-state index in [9.17, 15) is 10.1 Å². The van der Waals surface area contributed by atoms with E-state index < -0.39 is 5.97 Å². The van der Waals surface area contributed by atoms with Gasteiger partial charge in [-0.1, -0.05) is 12.1 Å². The highest BCUT2D eigenvalue weighted by Crippen LogP contribution is 2.26. The number of fused-ring (bicyclic) bond motifs is 1. The third-order valence-electron chi connectivity index (χ3n) is 4.01. The number of benzene rings is 1. The van der Waals surface area contributed by atoms with Crippen LogP contribution in [0.25, 0.3) is 34.1 Å². The first-order valence-electron chi connectivity index (χ1n) is 8.10. The van der Waals surface area contributed by atoms with Crippen LogP contribution in [0.1, 0.15) is 21.9 Å². The fraction of sp³-hybridized carbons (Fsp3) is 0. The van der Waals surface area contributed by atoms with E-state index in [4.69, 9.17) is 9.52 Å². The van der Waals surface area contributed by atoms with E-state index in [1.54, 1.807) is 36.5 Å². The summed E-state index contributed by atoms with van der Waals surface area (Å²) in [6.07, 6.45) is 3.22. The van der Waals surface area contributed by atoms with Crippen LogP contribution >= 0.6 is 15.9 Å². The lowest BCUT2D eigenvalue weighted by Crippen LogP contribution is -1.94. The molecule has 8 heteroatoms. The number of hydrogen-bond donors (Lipinski definition) is 2. The van der Waals surface area contributed by atoms with Crippen molar-refractivity contribution in [2.75, 3.05) is 0 Å². The summed E-state index contributed by atoms with van der Waals surface area (Å²) in [4.78, 5) is 22.6. The molecule has 0 saturated heterocycles. The second-order valence-corrected chi connectivity index (χ2v) is 6.78. The Morgan fingerprint density at radius 3 is 2.75 bits per heavy atom. The number of nitriles is 1. The molecule has 3 heterocycles. The van der Waals surface area contributed by atoms with Crippen LogP contribution in [-0.2, 0) is 0 Å². The molecular formula is C20H11BrN4O3. The average molecular weight is 435 g/mol. The second-order valence-electron chi connectivity index (χ2n) is 5.86. The molecule has 0 radical (unpaired) electrons. The van der Waals surface area contributed by atoms with E-state index in [0.717, 1.165) is 10.0 Å². The van der Waals surface area contributed by atoms with Crippen LogP contribution < -0.4 is 0 Å². The Labute approximate surface area is 167 Å². The van der Waals surface area contributed by atoms with Gasteiger partial charge >= 0.3 is 5.97 Å². The molecule has 0 aliphatic carbocycles. The third kappa shape index (κ3) is 3.43. The summed E-state index contributed by atoms with van der Waals surface area (Å²) in [5, 5.41) is 18.5. The van der Waals surface area contributed by atoms with E-state index in [-0.39, 0.29) is 5.56 Å². The molecule has 1 aromatic carbocycles. The van der Waals surface area contributed by atoms with Gasteiger partial charge in [0.05, 0.1) is 16.7 Å². The topological polar surface area (TPSA) is 116 Å². The maximum Gasteiger partial charge on any atom is 0.335 e. The number of aromatic nitrogens is 3. The summed E-state index contributed by atoms with van der Waals surface area (Å²) in [5.74, 6) is 0.451. The number of carbonyl (C=O) groups is 1. The molecule has 0 aliphatic rings. The molecule has 7 nitrogen and oxygen atoms in total. The molecule has 0 amide bonds. The average Bonchev–Trinajstić information content (AvgIpc) is 3.32. The van der Waals surface area contributed by atoms with Crippen molar-refractivity contribution in [3.63, 3.8) is 0 Å². The summed E-state index contributed by atoms with van der Waals surface area (Å²) in [5.41, 5.74) is 2.46. The highest BCUT2D eigenvalue weighted by atomic mass is 79.9. The largest absolute Gasteiger partial charge is 0.478 e. The third-order valence-corrected chi connectivity index (χ3v) is 4.44. The number of halogens is 1. The molecule has 0 saturated carbocycles. The summed E-state index contributed by atoms with van der Waals surface area (Å²) in [6.45, 7) is 0. The van der Waals surface area contributed by atoms with Crippen molar-refractivity contribution in [3.8, 4) is 17.4 Å². The lowest BCUT2D eigenvalue weighted by atomic mass is 10.1. The van der Waals surface area contributed by atoms with Gasteiger partial charge in [0.25, 0.3) is 0 Å². The Morgan fingerprint density at radius 2 is 2.04 bits per heavy atom. The molecule has 28 heavy (non-hydrogen) atoms. The van der Waals surface area contributed by atoms with Crippen molar-refractivity contribution in [2.24, 2.45) is 0 Å². The predicted molar refractivity (Wildman–Crippen MR) is 106 cm³/mol. The molecule has 0 unspecified atom stereocenters. The van der Waals surface area contributed by atoms with Crippen molar-refractivity contribution < 1.29 is 14.3 Å². The van der Waals surface area contributed by atoms with Gasteiger partial charge in [0.2, 0.25) is 0 Å². The minimum Gasteiger partial charge on any atom is -0.478 e. The smallest absolute Gasteiger partial charge is 0.335 e. The number of rotatable bonds is 4. The molecule has 0 aliphatic heterocycles. The van der Waals surface area contributed by atoms with E-state index in [2.05, 4.69) is 37.0 Å². The first kappa shape index (κ1) is 17.7. The molecule has 4 rings (SSSR count). The fourth-order valence-electron chi connectivity index (χ4n) is 2.66. The lowest BCUT2D eigenvalue weighted by molar-refractivity contribution is 0.0697. The number of carboxylic acids is 1. The van der Waals surface area contributed by atoms with E-state index in [1.807, 2.05) is 6.07 Å². The van der Waals surface area contributed by atoms with Gasteiger partial charge in [-0.25, -0.2) is 14.8 Å². The molecule has 4 aromatic rings. The van der Waals surface area contributed by atoms with Gasteiger partial charge in [-0.05, 0) is 46.3 Å². The number of pyridine rings is 1. The van der Waals surface area contributed by atoms with Crippen LogP contribution in [0, 0.1) is 11.3 Å². The zero-order chi connectivity index (χ0) is 19.7. The number of furan rings is 1. The number of nitrogens with zero attached hydrogens (tertiary/aromatic N) is 3. The Kier molecular flexibility index (Phi) is 4.51. The summed E-state index contributed by atoms with van der Waals surface area (Å²) < 4.78 is 6.58. The quantitative estimate of drug-likeness (QED) is 0.448. The molecule has 0 bridgehead atoms. The number of aromatic amines is 1. The minimum absolute atomic E-state index is 0.201. The zero-order valence-corrected chi connectivity index (χ0v) is 15.8. The number of allylic oxidation sites excluding steroid dienone is 1. The van der Waals surface area contributed by atoms with Gasteiger partial charge in [0.15, 0.2) is 11.5 Å². The maximum atomic E-state index is 10.9. The lowest BCUT2D eigenvalue weighted by Gasteiger charge is -1.98. The van der Waals surface area contributed by atoms with Gasteiger partial charge in [-0.2, -0.15) is 5.26 Å². The normalized spacial score (nSPS) is 11.5. The van der Waals surface area contributed by atoms with Gasteiger partial charge in [0.1, 0.15) is 17.6 Å².